The van der Waals surface area contributed by atoms with Crippen molar-refractivity contribution in [3.05, 3.63) is 90.0 Å². The number of urea groups is 1. The Balaban J connectivity index is 1.67. The largest absolute Gasteiger partial charge is 0.487 e. The molecule has 0 fully saturated rings. The number of carbonyl (C=O) groups excluding carboxylic acids is 1. The predicted octanol–water partition coefficient (Wildman–Crippen LogP) is 4.02. The molecule has 1 aliphatic heterocycles. The van der Waals surface area contributed by atoms with Crippen molar-refractivity contribution in [1.82, 2.24) is 9.21 Å². The second kappa shape index (κ2) is 12.3. The molecule has 0 spiro atoms. The molecule has 8 nitrogen and oxygen atoms in total. The Morgan fingerprint density at radius 3 is 2.38 bits per heavy atom. The van der Waals surface area contributed by atoms with Gasteiger partial charge in [0, 0.05) is 42.4 Å². The molecule has 2 N–H and O–H groups in total. The fraction of sp³-hybridized carbons (Fsp3) is 0.300. The van der Waals surface area contributed by atoms with Gasteiger partial charge in [-0.2, -0.15) is 4.31 Å². The lowest BCUT2D eigenvalue weighted by molar-refractivity contribution is 0.0830. The van der Waals surface area contributed by atoms with E-state index in [2.05, 4.69) is 17.2 Å². The number of hydrogen-bond acceptors (Lipinski definition) is 5. The molecule has 39 heavy (non-hydrogen) atoms. The molecule has 204 valence electrons. The number of benzene rings is 3. The molecular weight excluding hydrogens is 514 g/mol. The first-order valence-electron chi connectivity index (χ1n) is 12.8. The molecule has 1 aliphatic rings. The van der Waals surface area contributed by atoms with Crippen molar-refractivity contribution in [2.24, 2.45) is 5.92 Å². The van der Waals surface area contributed by atoms with Gasteiger partial charge in [0.25, 0.3) is 0 Å². The molecule has 0 saturated heterocycles. The number of aliphatic hydroxyl groups is 1. The minimum absolute atomic E-state index is 0.00125. The highest BCUT2D eigenvalue weighted by atomic mass is 32.2. The highest BCUT2D eigenvalue weighted by Crippen LogP contribution is 2.34. The highest BCUT2D eigenvalue weighted by molar-refractivity contribution is 7.89. The third kappa shape index (κ3) is 6.79. The summed E-state index contributed by atoms with van der Waals surface area (Å²) >= 11 is 0. The summed E-state index contributed by atoms with van der Waals surface area (Å²) in [4.78, 5) is 14.4. The van der Waals surface area contributed by atoms with Gasteiger partial charge in [-0.15, -0.1) is 0 Å². The lowest BCUT2D eigenvalue weighted by atomic mass is 10.0. The maximum Gasteiger partial charge on any atom is 0.321 e. The number of likely N-dealkylation sites (N-methyl/N-ethyl adjacent to an activating group) is 1. The average molecular weight is 548 g/mol. The van der Waals surface area contributed by atoms with E-state index in [4.69, 9.17) is 4.74 Å². The van der Waals surface area contributed by atoms with E-state index in [1.165, 1.54) is 15.3 Å². The van der Waals surface area contributed by atoms with Crippen molar-refractivity contribution in [3.8, 4) is 17.6 Å². The van der Waals surface area contributed by atoms with Gasteiger partial charge in [-0.1, -0.05) is 55.2 Å². The molecule has 9 heteroatoms. The maximum absolute atomic E-state index is 13.7. The van der Waals surface area contributed by atoms with E-state index in [0.29, 0.717) is 11.3 Å². The summed E-state index contributed by atoms with van der Waals surface area (Å²) in [5.74, 6) is 6.03. The zero-order valence-corrected chi connectivity index (χ0v) is 23.1. The zero-order valence-electron chi connectivity index (χ0n) is 22.2. The molecule has 1 heterocycles. The number of carbonyl (C=O) groups is 1. The zero-order chi connectivity index (χ0) is 28.0. The average Bonchev–Trinajstić information content (AvgIpc) is 2.94. The lowest BCUT2D eigenvalue weighted by Gasteiger charge is -2.37. The van der Waals surface area contributed by atoms with Crippen LogP contribution in [0.1, 0.15) is 25.0 Å². The van der Waals surface area contributed by atoms with Gasteiger partial charge in [0.2, 0.25) is 10.0 Å². The van der Waals surface area contributed by atoms with E-state index < -0.39 is 22.2 Å². The van der Waals surface area contributed by atoms with Crippen LogP contribution in [0, 0.1) is 17.8 Å². The quantitative estimate of drug-likeness (QED) is 0.470. The van der Waals surface area contributed by atoms with Gasteiger partial charge in [-0.3, -0.25) is 0 Å². The molecule has 3 aromatic carbocycles. The van der Waals surface area contributed by atoms with Gasteiger partial charge >= 0.3 is 6.03 Å². The number of nitrogens with zero attached hydrogens (tertiary/aromatic N) is 2. The number of nitrogens with one attached hydrogen (secondary N) is 1. The molecular formula is C30H33N3O5S. The Bertz CT molecular complexity index is 1450. The number of fused-ring (bicyclic) bond motifs is 1. The first kappa shape index (κ1) is 28.2. The Hall–Kier alpha value is -3.84. The summed E-state index contributed by atoms with van der Waals surface area (Å²) in [5.41, 5.74) is 2.09. The summed E-state index contributed by atoms with van der Waals surface area (Å²) < 4.78 is 35.0. The maximum atomic E-state index is 13.7. The number of sulfonamides is 1. The van der Waals surface area contributed by atoms with Crippen molar-refractivity contribution in [1.29, 1.82) is 0 Å². The summed E-state index contributed by atoms with van der Waals surface area (Å²) in [7, 11) is -2.31. The van der Waals surface area contributed by atoms with E-state index in [9.17, 15) is 18.3 Å². The van der Waals surface area contributed by atoms with Gasteiger partial charge in [0.05, 0.1) is 13.2 Å². The monoisotopic (exact) mass is 547 g/mol. The second-order valence-electron chi connectivity index (χ2n) is 9.69. The third-order valence-electron chi connectivity index (χ3n) is 6.62. The van der Waals surface area contributed by atoms with E-state index in [0.717, 1.165) is 5.56 Å². The second-order valence-corrected chi connectivity index (χ2v) is 11.6. The van der Waals surface area contributed by atoms with E-state index >= 15 is 0 Å². The standard InChI is InChI=1S/C30H33N3O5S/c1-22-19-33(23(2)21-34)39(36,37)29-17-16-25(15-14-24-10-6-4-7-11-24)18-27(29)38-28(22)20-32(3)30(35)31-26-12-8-5-9-13-26/h4-13,16-18,22-23,28,34H,19-21H2,1-3H3,(H,31,35)/t22-,23-,28+/m1/s1. The van der Waals surface area contributed by atoms with Crippen molar-refractivity contribution in [2.75, 3.05) is 32.1 Å². The Labute approximate surface area is 230 Å². The third-order valence-corrected chi connectivity index (χ3v) is 8.64. The fourth-order valence-corrected chi connectivity index (χ4v) is 6.11. The molecule has 2 amide bonds. The topological polar surface area (TPSA) is 99.2 Å². The molecule has 3 aromatic rings. The van der Waals surface area contributed by atoms with Gasteiger partial charge in [0.15, 0.2) is 0 Å². The van der Waals surface area contributed by atoms with Crippen LogP contribution >= 0.6 is 0 Å². The number of anilines is 1. The molecule has 0 aliphatic carbocycles. The van der Waals surface area contributed by atoms with Crippen LogP contribution in [-0.2, 0) is 10.0 Å². The van der Waals surface area contributed by atoms with Crippen LogP contribution in [-0.4, -0.2) is 67.7 Å². The number of para-hydroxylation sites is 1. The van der Waals surface area contributed by atoms with Crippen molar-refractivity contribution in [2.45, 2.75) is 30.9 Å². The molecule has 0 bridgehead atoms. The van der Waals surface area contributed by atoms with Crippen molar-refractivity contribution >= 4 is 21.7 Å². The van der Waals surface area contributed by atoms with Crippen LogP contribution in [0.3, 0.4) is 0 Å². The highest BCUT2D eigenvalue weighted by Gasteiger charge is 2.38. The SMILES string of the molecule is C[C@@H]1CN([C@H](C)CO)S(=O)(=O)c2ccc(C#Cc3ccccc3)cc2O[C@H]1CN(C)C(=O)Nc1ccccc1. The van der Waals surface area contributed by atoms with Gasteiger partial charge in [0.1, 0.15) is 16.7 Å². The van der Waals surface area contributed by atoms with Crippen molar-refractivity contribution in [3.63, 3.8) is 0 Å². The summed E-state index contributed by atoms with van der Waals surface area (Å²) in [5, 5.41) is 12.7. The number of hydrogen-bond donors (Lipinski definition) is 2. The molecule has 4 rings (SSSR count). The number of aliphatic hydroxyl groups excluding tert-OH is 1. The molecule has 3 atom stereocenters. The summed E-state index contributed by atoms with van der Waals surface area (Å²) in [6.45, 7) is 3.55. The Morgan fingerprint density at radius 2 is 1.72 bits per heavy atom. The molecule has 0 aromatic heterocycles. The van der Waals surface area contributed by atoms with Crippen LogP contribution in [0.25, 0.3) is 0 Å². The van der Waals surface area contributed by atoms with Crippen LogP contribution in [0.2, 0.25) is 0 Å². The first-order chi connectivity index (χ1) is 18.7. The number of amides is 2. The Kier molecular flexibility index (Phi) is 8.92. The van der Waals surface area contributed by atoms with Crippen LogP contribution in [0.5, 0.6) is 5.75 Å². The lowest BCUT2D eigenvalue weighted by Crippen LogP contribution is -2.50. The van der Waals surface area contributed by atoms with Gasteiger partial charge in [-0.05, 0) is 49.4 Å². The first-order valence-corrected chi connectivity index (χ1v) is 14.2. The minimum Gasteiger partial charge on any atom is -0.487 e. The predicted molar refractivity (Wildman–Crippen MR) is 151 cm³/mol. The molecule has 0 unspecified atom stereocenters. The van der Waals surface area contributed by atoms with Crippen molar-refractivity contribution < 1.29 is 23.1 Å². The normalized spacial score (nSPS) is 19.2. The summed E-state index contributed by atoms with van der Waals surface area (Å²) in [6.07, 6.45) is -0.531. The van der Waals surface area contributed by atoms with Gasteiger partial charge < -0.3 is 20.1 Å². The van der Waals surface area contributed by atoms with Crippen LogP contribution < -0.4 is 10.1 Å². The number of rotatable bonds is 5. The van der Waals surface area contributed by atoms with E-state index in [1.54, 1.807) is 38.2 Å². The van der Waals surface area contributed by atoms with E-state index in [1.807, 2.05) is 55.5 Å². The smallest absolute Gasteiger partial charge is 0.321 e. The Morgan fingerprint density at radius 1 is 1.08 bits per heavy atom. The fourth-order valence-electron chi connectivity index (χ4n) is 4.28. The summed E-state index contributed by atoms with van der Waals surface area (Å²) in [6, 6.07) is 22.4. The van der Waals surface area contributed by atoms with Crippen LogP contribution in [0.4, 0.5) is 10.5 Å². The van der Waals surface area contributed by atoms with Crippen LogP contribution in [0.15, 0.2) is 83.8 Å². The van der Waals surface area contributed by atoms with E-state index in [-0.39, 0.29) is 42.3 Å². The molecule has 0 radical (unpaired) electrons. The van der Waals surface area contributed by atoms with Gasteiger partial charge in [-0.25, -0.2) is 13.2 Å². The minimum atomic E-state index is -3.97. The number of ether oxygens (including phenoxy) is 1. The molecule has 0 saturated carbocycles.